The number of benzene rings is 1. The Morgan fingerprint density at radius 1 is 1.39 bits per heavy atom. The number of hydrogen-bond acceptors (Lipinski definition) is 4. The van der Waals surface area contributed by atoms with Gasteiger partial charge < -0.3 is 10.4 Å². The van der Waals surface area contributed by atoms with Gasteiger partial charge in [-0.05, 0) is 12.5 Å². The molecular formula is C15H17N5O3. The second kappa shape index (κ2) is 6.07. The Balaban J connectivity index is 1.74. The van der Waals surface area contributed by atoms with Crippen molar-refractivity contribution in [2.45, 2.75) is 32.1 Å². The minimum atomic E-state index is -1.12. The van der Waals surface area contributed by atoms with Crippen LogP contribution in [-0.4, -0.2) is 48.9 Å². The smallest absolute Gasteiger partial charge is 0.408 e. The topological polar surface area (TPSA) is 100 Å². The number of carbonyl (C=O) groups excluding carboxylic acids is 1. The SMILES string of the molecule is Cc1ncn(C[C@H]2NC(=O)[C@H]2N(Cc2ccccc2)C(=O)O)n1. The maximum atomic E-state index is 11.9. The van der Waals surface area contributed by atoms with E-state index in [1.54, 1.807) is 17.9 Å². The Labute approximate surface area is 132 Å². The van der Waals surface area contributed by atoms with E-state index < -0.39 is 12.1 Å². The zero-order chi connectivity index (χ0) is 16.4. The van der Waals surface area contributed by atoms with Crippen molar-refractivity contribution in [1.82, 2.24) is 25.0 Å². The number of aromatic nitrogens is 3. The molecule has 1 aliphatic heterocycles. The molecule has 0 spiro atoms. The van der Waals surface area contributed by atoms with Crippen molar-refractivity contribution in [2.75, 3.05) is 0 Å². The number of carbonyl (C=O) groups is 2. The summed E-state index contributed by atoms with van der Waals surface area (Å²) >= 11 is 0. The summed E-state index contributed by atoms with van der Waals surface area (Å²) in [5.41, 5.74) is 0.838. The Hall–Kier alpha value is -2.90. The second-order valence-electron chi connectivity index (χ2n) is 5.47. The van der Waals surface area contributed by atoms with Gasteiger partial charge in [0.2, 0.25) is 5.91 Å². The summed E-state index contributed by atoms with van der Waals surface area (Å²) in [6.45, 7) is 2.32. The van der Waals surface area contributed by atoms with Crippen LogP contribution < -0.4 is 5.32 Å². The van der Waals surface area contributed by atoms with E-state index >= 15 is 0 Å². The first-order valence-corrected chi connectivity index (χ1v) is 7.24. The maximum absolute atomic E-state index is 11.9. The summed E-state index contributed by atoms with van der Waals surface area (Å²) in [5, 5.41) is 16.4. The third-order valence-electron chi connectivity index (χ3n) is 3.79. The maximum Gasteiger partial charge on any atom is 0.408 e. The van der Waals surface area contributed by atoms with Crippen molar-refractivity contribution in [3.05, 3.63) is 48.0 Å². The van der Waals surface area contributed by atoms with Gasteiger partial charge in [0, 0.05) is 6.54 Å². The standard InChI is InChI=1S/C15H17N5O3/c1-10-16-9-19(18-10)8-12-13(14(21)17-12)20(15(22)23)7-11-5-3-2-4-6-11/h2-6,9,12-13H,7-8H2,1H3,(H,17,21)(H,22,23)/t12-,13+/m1/s1. The van der Waals surface area contributed by atoms with Crippen molar-refractivity contribution in [3.63, 3.8) is 0 Å². The minimum absolute atomic E-state index is 0.168. The molecule has 1 aromatic carbocycles. The summed E-state index contributed by atoms with van der Waals surface area (Å²) in [6.07, 6.45) is 0.451. The fourth-order valence-electron chi connectivity index (χ4n) is 2.68. The van der Waals surface area contributed by atoms with Crippen LogP contribution in [0, 0.1) is 6.92 Å². The van der Waals surface area contributed by atoms with Crippen LogP contribution >= 0.6 is 0 Å². The third kappa shape index (κ3) is 3.15. The van der Waals surface area contributed by atoms with Gasteiger partial charge in [-0.3, -0.25) is 14.4 Å². The van der Waals surface area contributed by atoms with Crippen LogP contribution in [0.5, 0.6) is 0 Å². The molecule has 2 amide bonds. The highest BCUT2D eigenvalue weighted by atomic mass is 16.4. The van der Waals surface area contributed by atoms with E-state index in [1.165, 1.54) is 4.90 Å². The number of β-lactam (4-membered cyclic amide) rings is 1. The molecule has 0 aliphatic carbocycles. The lowest BCUT2D eigenvalue weighted by Gasteiger charge is -2.42. The van der Waals surface area contributed by atoms with Crippen LogP contribution in [0.3, 0.4) is 0 Å². The molecule has 8 heteroatoms. The molecule has 0 saturated carbocycles. The average molecular weight is 315 g/mol. The fourth-order valence-corrected chi connectivity index (χ4v) is 2.68. The Kier molecular flexibility index (Phi) is 3.96. The molecule has 1 saturated heterocycles. The highest BCUT2D eigenvalue weighted by molar-refractivity contribution is 5.92. The molecule has 2 heterocycles. The largest absolute Gasteiger partial charge is 0.465 e. The zero-order valence-corrected chi connectivity index (χ0v) is 12.6. The van der Waals surface area contributed by atoms with Gasteiger partial charge in [-0.25, -0.2) is 9.78 Å². The third-order valence-corrected chi connectivity index (χ3v) is 3.79. The van der Waals surface area contributed by atoms with Gasteiger partial charge in [-0.15, -0.1) is 0 Å². The first-order chi connectivity index (χ1) is 11.0. The molecule has 8 nitrogen and oxygen atoms in total. The van der Waals surface area contributed by atoms with Crippen molar-refractivity contribution in [1.29, 1.82) is 0 Å². The molecule has 1 aromatic heterocycles. The number of carboxylic acid groups (broad SMARTS) is 1. The van der Waals surface area contributed by atoms with Crippen LogP contribution in [0.2, 0.25) is 0 Å². The van der Waals surface area contributed by atoms with Gasteiger partial charge >= 0.3 is 6.09 Å². The normalized spacial score (nSPS) is 19.8. The molecule has 0 unspecified atom stereocenters. The molecule has 2 N–H and O–H groups in total. The molecule has 0 bridgehead atoms. The fraction of sp³-hybridized carbons (Fsp3) is 0.333. The van der Waals surface area contributed by atoms with Crippen LogP contribution in [0.1, 0.15) is 11.4 Å². The summed E-state index contributed by atoms with van der Waals surface area (Å²) in [4.78, 5) is 28.7. The molecule has 1 fully saturated rings. The number of nitrogens with one attached hydrogen (secondary N) is 1. The Bertz CT molecular complexity index is 715. The monoisotopic (exact) mass is 315 g/mol. The second-order valence-corrected chi connectivity index (χ2v) is 5.47. The molecule has 2 aromatic rings. The van der Waals surface area contributed by atoms with E-state index in [9.17, 15) is 14.7 Å². The van der Waals surface area contributed by atoms with E-state index in [2.05, 4.69) is 15.4 Å². The average Bonchev–Trinajstić information content (AvgIpc) is 2.92. The molecular weight excluding hydrogens is 298 g/mol. The van der Waals surface area contributed by atoms with Crippen molar-refractivity contribution < 1.29 is 14.7 Å². The van der Waals surface area contributed by atoms with E-state index in [4.69, 9.17) is 0 Å². The highest BCUT2D eigenvalue weighted by Crippen LogP contribution is 2.19. The van der Waals surface area contributed by atoms with Crippen molar-refractivity contribution in [2.24, 2.45) is 0 Å². The first kappa shape index (κ1) is 15.0. The van der Waals surface area contributed by atoms with Gasteiger partial charge in [0.1, 0.15) is 18.2 Å². The van der Waals surface area contributed by atoms with Crippen LogP contribution in [-0.2, 0) is 17.9 Å². The van der Waals surface area contributed by atoms with E-state index in [0.717, 1.165) is 5.56 Å². The molecule has 0 radical (unpaired) electrons. The van der Waals surface area contributed by atoms with E-state index in [0.29, 0.717) is 12.4 Å². The number of hydrogen-bond donors (Lipinski definition) is 2. The molecule has 23 heavy (non-hydrogen) atoms. The van der Waals surface area contributed by atoms with Crippen LogP contribution in [0.15, 0.2) is 36.7 Å². The van der Waals surface area contributed by atoms with Gasteiger partial charge in [0.25, 0.3) is 0 Å². The Morgan fingerprint density at radius 2 is 2.13 bits per heavy atom. The molecule has 1 aliphatic rings. The summed E-state index contributed by atoms with van der Waals surface area (Å²) < 4.78 is 1.61. The lowest BCUT2D eigenvalue weighted by Crippen LogP contribution is -2.70. The zero-order valence-electron chi connectivity index (χ0n) is 12.6. The first-order valence-electron chi connectivity index (χ1n) is 7.24. The van der Waals surface area contributed by atoms with E-state index in [-0.39, 0.29) is 18.5 Å². The predicted molar refractivity (Wildman–Crippen MR) is 80.5 cm³/mol. The number of nitrogens with zero attached hydrogens (tertiary/aromatic N) is 4. The minimum Gasteiger partial charge on any atom is -0.465 e. The van der Waals surface area contributed by atoms with Crippen molar-refractivity contribution in [3.8, 4) is 0 Å². The summed E-state index contributed by atoms with van der Waals surface area (Å²) in [6, 6.07) is 8.17. The van der Waals surface area contributed by atoms with Crippen LogP contribution in [0.25, 0.3) is 0 Å². The number of rotatable bonds is 5. The summed E-state index contributed by atoms with van der Waals surface area (Å²) in [5.74, 6) is 0.344. The van der Waals surface area contributed by atoms with Gasteiger partial charge in [0.05, 0.1) is 12.6 Å². The van der Waals surface area contributed by atoms with E-state index in [1.807, 2.05) is 30.3 Å². The Morgan fingerprint density at radius 3 is 2.70 bits per heavy atom. The van der Waals surface area contributed by atoms with Gasteiger partial charge in [-0.2, -0.15) is 5.10 Å². The molecule has 2 atom stereocenters. The summed E-state index contributed by atoms with van der Waals surface area (Å²) in [7, 11) is 0. The predicted octanol–water partition coefficient (Wildman–Crippen LogP) is 0.634. The number of amides is 2. The van der Waals surface area contributed by atoms with Gasteiger partial charge in [-0.1, -0.05) is 30.3 Å². The lowest BCUT2D eigenvalue weighted by molar-refractivity contribution is -0.137. The quantitative estimate of drug-likeness (QED) is 0.788. The molecule has 120 valence electrons. The van der Waals surface area contributed by atoms with Crippen LogP contribution in [0.4, 0.5) is 4.79 Å². The lowest BCUT2D eigenvalue weighted by atomic mass is 9.96. The van der Waals surface area contributed by atoms with Gasteiger partial charge in [0.15, 0.2) is 0 Å². The highest BCUT2D eigenvalue weighted by Gasteiger charge is 2.45. The van der Waals surface area contributed by atoms with Crippen molar-refractivity contribution >= 4 is 12.0 Å². The number of aryl methyl sites for hydroxylation is 1. The molecule has 3 rings (SSSR count).